The minimum Gasteiger partial charge on any atom is -0.449 e. The number of rotatable bonds is 10. The van der Waals surface area contributed by atoms with Crippen LogP contribution in [-0.4, -0.2) is 60.4 Å². The summed E-state index contributed by atoms with van der Waals surface area (Å²) in [6.45, 7) is 12.7. The molecule has 1 fully saturated rings. The highest BCUT2D eigenvalue weighted by Crippen LogP contribution is 2.43. The molecule has 1 aliphatic rings. The normalized spacial score (nSPS) is 22.6. The number of aliphatic hydroxyl groups excluding tert-OH is 1. The van der Waals surface area contributed by atoms with E-state index >= 15 is 0 Å². The first kappa shape index (κ1) is 28.3. The van der Waals surface area contributed by atoms with Gasteiger partial charge in [-0.05, 0) is 37.0 Å². The third-order valence-corrected chi connectivity index (χ3v) is 10.9. The number of alkyl halides is 2. The van der Waals surface area contributed by atoms with E-state index < -0.39 is 44.5 Å². The molecule has 0 saturated carbocycles. The van der Waals surface area contributed by atoms with Gasteiger partial charge in [0.2, 0.25) is 6.23 Å². The van der Waals surface area contributed by atoms with Gasteiger partial charge in [0.15, 0.2) is 8.32 Å². The fourth-order valence-electron chi connectivity index (χ4n) is 3.17. The van der Waals surface area contributed by atoms with Crippen LogP contribution < -0.4 is 11.0 Å². The maximum Gasteiger partial charge on any atom is 0.412 e. The van der Waals surface area contributed by atoms with Gasteiger partial charge in [0.1, 0.15) is 11.9 Å². The van der Waals surface area contributed by atoms with Crippen molar-refractivity contribution in [1.29, 1.82) is 0 Å². The lowest BCUT2D eigenvalue weighted by Gasteiger charge is -2.36. The van der Waals surface area contributed by atoms with Crippen LogP contribution in [0.3, 0.4) is 0 Å². The van der Waals surface area contributed by atoms with Crippen LogP contribution in [0.4, 0.5) is 19.4 Å². The average Bonchev–Trinajstić information content (AvgIpc) is 2.94. The van der Waals surface area contributed by atoms with Crippen LogP contribution in [0, 0.1) is 0 Å². The van der Waals surface area contributed by atoms with E-state index in [0.29, 0.717) is 11.0 Å². The van der Waals surface area contributed by atoms with Crippen LogP contribution in [0.25, 0.3) is 0 Å². The van der Waals surface area contributed by atoms with Gasteiger partial charge < -0.3 is 19.0 Å². The zero-order chi connectivity index (χ0) is 25.7. The van der Waals surface area contributed by atoms with E-state index in [2.05, 4.69) is 31.1 Å². The van der Waals surface area contributed by atoms with E-state index in [0.717, 1.165) is 19.0 Å². The van der Waals surface area contributed by atoms with Crippen molar-refractivity contribution < 1.29 is 32.6 Å². The molecule has 0 radical (unpaired) electrons. The Labute approximate surface area is 199 Å². The number of aromatic nitrogens is 2. The summed E-state index contributed by atoms with van der Waals surface area (Å²) in [5.74, 6) is -3.86. The molecule has 12 heteroatoms. The van der Waals surface area contributed by atoms with Crippen LogP contribution in [-0.2, 0) is 13.9 Å². The summed E-state index contributed by atoms with van der Waals surface area (Å²) < 4.78 is 46.6. The van der Waals surface area contributed by atoms with Crippen molar-refractivity contribution in [3.05, 3.63) is 22.7 Å². The highest BCUT2D eigenvalue weighted by molar-refractivity contribution is 6.74. The molecule has 34 heavy (non-hydrogen) atoms. The molecule has 3 atom stereocenters. The van der Waals surface area contributed by atoms with Gasteiger partial charge in [-0.3, -0.25) is 9.88 Å². The van der Waals surface area contributed by atoms with Crippen molar-refractivity contribution in [2.75, 3.05) is 18.5 Å². The van der Waals surface area contributed by atoms with Crippen molar-refractivity contribution in [1.82, 2.24) is 9.55 Å². The molecule has 0 aromatic carbocycles. The van der Waals surface area contributed by atoms with Crippen LogP contribution in [0.2, 0.25) is 18.1 Å². The smallest absolute Gasteiger partial charge is 0.412 e. The summed E-state index contributed by atoms with van der Waals surface area (Å²) in [6, 6.07) is 1.19. The SMILES string of the molecule is CCCCCOC(=O)Nc1ccn([C@@H]2O[C@H](CCO[Si](C)(C)C(C)(C)C)[C@@H](O)C2(F)F)c(=O)n1. The van der Waals surface area contributed by atoms with Gasteiger partial charge in [-0.1, -0.05) is 40.5 Å². The number of carbonyl (C=O) groups is 1. The first-order valence-electron chi connectivity index (χ1n) is 11.6. The lowest BCUT2D eigenvalue weighted by Crippen LogP contribution is -2.43. The summed E-state index contributed by atoms with van der Waals surface area (Å²) >= 11 is 0. The predicted octanol–water partition coefficient (Wildman–Crippen LogP) is 4.29. The van der Waals surface area contributed by atoms with Crippen molar-refractivity contribution in [2.45, 2.75) is 95.9 Å². The first-order chi connectivity index (χ1) is 15.7. The van der Waals surface area contributed by atoms with E-state index in [1.807, 2.05) is 20.0 Å². The van der Waals surface area contributed by atoms with Gasteiger partial charge in [-0.2, -0.15) is 13.8 Å². The third kappa shape index (κ3) is 6.83. The topological polar surface area (TPSA) is 112 Å². The number of nitrogens with zero attached hydrogens (tertiary/aromatic N) is 2. The maximum atomic E-state index is 14.8. The van der Waals surface area contributed by atoms with Crippen molar-refractivity contribution in [2.24, 2.45) is 0 Å². The van der Waals surface area contributed by atoms with Crippen molar-refractivity contribution in [3.63, 3.8) is 0 Å². The molecule has 2 rings (SSSR count). The fraction of sp³-hybridized carbons (Fsp3) is 0.773. The van der Waals surface area contributed by atoms with Crippen molar-refractivity contribution in [3.8, 4) is 0 Å². The fourth-order valence-corrected chi connectivity index (χ4v) is 4.23. The monoisotopic (exact) mass is 505 g/mol. The van der Waals surface area contributed by atoms with Gasteiger partial charge in [0.05, 0.1) is 12.7 Å². The molecule has 1 amide bonds. The Balaban J connectivity index is 2.03. The Kier molecular flexibility index (Phi) is 9.36. The summed E-state index contributed by atoms with van der Waals surface area (Å²) in [6.07, 6.45) is -2.47. The predicted molar refractivity (Wildman–Crippen MR) is 126 cm³/mol. The number of hydrogen-bond donors (Lipinski definition) is 2. The summed E-state index contributed by atoms with van der Waals surface area (Å²) in [5, 5.41) is 12.4. The number of ether oxygens (including phenoxy) is 2. The van der Waals surface area contributed by atoms with Gasteiger partial charge in [0.25, 0.3) is 0 Å². The van der Waals surface area contributed by atoms with Gasteiger partial charge >= 0.3 is 17.7 Å². The standard InChI is InChI=1S/C22H37F2N3O6Si/c1-7-8-9-13-31-20(30)26-16-10-12-27(19(29)25-16)18-22(23,24)17(28)15(33-18)11-14-32-34(5,6)21(2,3)4/h10,12,15,17-18,28H,7-9,11,13-14H2,1-6H3,(H,25,26,29,30)/t15-,17-,18-/m1/s1. The number of nitrogens with one attached hydrogen (secondary N) is 1. The summed E-state index contributed by atoms with van der Waals surface area (Å²) in [5.41, 5.74) is -1.06. The molecular weight excluding hydrogens is 468 g/mol. The molecule has 9 nitrogen and oxygen atoms in total. The average molecular weight is 506 g/mol. The number of anilines is 1. The Hall–Kier alpha value is -1.89. The number of unbranched alkanes of at least 4 members (excludes halogenated alkanes) is 2. The largest absolute Gasteiger partial charge is 0.449 e. The maximum absolute atomic E-state index is 14.8. The molecular formula is C22H37F2N3O6Si. The Morgan fingerprint density at radius 2 is 2.00 bits per heavy atom. The molecule has 2 heterocycles. The third-order valence-electron chi connectivity index (χ3n) is 6.34. The highest BCUT2D eigenvalue weighted by Gasteiger charge is 2.59. The molecule has 0 aliphatic carbocycles. The van der Waals surface area contributed by atoms with Crippen LogP contribution in [0.15, 0.2) is 17.1 Å². The number of hydrogen-bond acceptors (Lipinski definition) is 7. The lowest BCUT2D eigenvalue weighted by atomic mass is 10.1. The molecule has 0 bridgehead atoms. The molecule has 1 aliphatic heterocycles. The molecule has 0 unspecified atom stereocenters. The zero-order valence-electron chi connectivity index (χ0n) is 20.8. The zero-order valence-corrected chi connectivity index (χ0v) is 21.8. The van der Waals surface area contributed by atoms with E-state index in [1.165, 1.54) is 6.07 Å². The number of amides is 1. The minimum atomic E-state index is -3.72. The molecule has 1 aromatic heterocycles. The number of carbonyl (C=O) groups excluding carboxylic acids is 1. The van der Waals surface area contributed by atoms with Crippen LogP contribution in [0.5, 0.6) is 0 Å². The van der Waals surface area contributed by atoms with E-state index in [4.69, 9.17) is 13.9 Å². The summed E-state index contributed by atoms with van der Waals surface area (Å²) in [4.78, 5) is 27.8. The Morgan fingerprint density at radius 1 is 1.32 bits per heavy atom. The molecule has 1 aromatic rings. The second-order valence-electron chi connectivity index (χ2n) is 10.0. The number of halogens is 2. The second kappa shape index (κ2) is 11.2. The van der Waals surface area contributed by atoms with Gasteiger partial charge in [-0.25, -0.2) is 9.59 Å². The lowest BCUT2D eigenvalue weighted by molar-refractivity contribution is -0.140. The Bertz CT molecular complexity index is 890. The number of aliphatic hydroxyl groups is 1. The quantitative estimate of drug-likeness (QED) is 0.360. The second-order valence-corrected chi connectivity index (χ2v) is 14.8. The van der Waals surface area contributed by atoms with E-state index in [-0.39, 0.29) is 30.5 Å². The van der Waals surface area contributed by atoms with Crippen LogP contribution in [0.1, 0.15) is 59.6 Å². The van der Waals surface area contributed by atoms with Crippen molar-refractivity contribution >= 4 is 20.2 Å². The molecule has 194 valence electrons. The van der Waals surface area contributed by atoms with Gasteiger partial charge in [0, 0.05) is 12.8 Å². The molecule has 1 saturated heterocycles. The van der Waals surface area contributed by atoms with Gasteiger partial charge in [-0.15, -0.1) is 0 Å². The molecule has 0 spiro atoms. The van der Waals surface area contributed by atoms with Crippen LogP contribution >= 0.6 is 0 Å². The molecule has 2 N–H and O–H groups in total. The van der Waals surface area contributed by atoms with E-state index in [9.17, 15) is 23.5 Å². The van der Waals surface area contributed by atoms with E-state index in [1.54, 1.807) is 0 Å². The first-order valence-corrected chi connectivity index (χ1v) is 14.5. The summed E-state index contributed by atoms with van der Waals surface area (Å²) in [7, 11) is -2.09. The highest BCUT2D eigenvalue weighted by atomic mass is 28.4. The Morgan fingerprint density at radius 3 is 2.59 bits per heavy atom. The minimum absolute atomic E-state index is 0.0471.